The summed E-state index contributed by atoms with van der Waals surface area (Å²) in [5.74, 6) is 0. The first-order chi connectivity index (χ1) is 8.19. The van der Waals surface area contributed by atoms with Gasteiger partial charge in [-0.2, -0.15) is 0 Å². The molecule has 104 valence electrons. The van der Waals surface area contributed by atoms with Crippen molar-refractivity contribution in [2.45, 2.75) is 65.1 Å². The number of carbonyl (C=O) groups excluding carboxylic acids is 1. The van der Waals surface area contributed by atoms with Crippen molar-refractivity contribution in [1.82, 2.24) is 10.2 Å². The van der Waals surface area contributed by atoms with Gasteiger partial charge in [0.1, 0.15) is 5.60 Å². The monoisotopic (exact) mass is 254 g/mol. The van der Waals surface area contributed by atoms with Gasteiger partial charge >= 0.3 is 6.09 Å². The van der Waals surface area contributed by atoms with Crippen LogP contribution in [0, 0.1) is 5.41 Å². The largest absolute Gasteiger partial charge is 0.444 e. The van der Waals surface area contributed by atoms with Crippen LogP contribution in [0.3, 0.4) is 0 Å². The molecule has 0 aromatic rings. The lowest BCUT2D eigenvalue weighted by molar-refractivity contribution is -0.0838. The van der Waals surface area contributed by atoms with E-state index in [1.165, 1.54) is 12.8 Å². The number of amides is 1. The molecule has 18 heavy (non-hydrogen) atoms. The summed E-state index contributed by atoms with van der Waals surface area (Å²) >= 11 is 0. The molecule has 1 saturated carbocycles. The van der Waals surface area contributed by atoms with E-state index < -0.39 is 0 Å². The number of hydrogen-bond acceptors (Lipinski definition) is 3. The van der Waals surface area contributed by atoms with Crippen molar-refractivity contribution in [1.29, 1.82) is 0 Å². The molecule has 4 nitrogen and oxygen atoms in total. The predicted octanol–water partition coefficient (Wildman–Crippen LogP) is 2.38. The van der Waals surface area contributed by atoms with Crippen molar-refractivity contribution < 1.29 is 9.53 Å². The maximum atomic E-state index is 11.8. The van der Waals surface area contributed by atoms with Gasteiger partial charge in [-0.3, -0.25) is 0 Å². The first-order valence-corrected chi connectivity index (χ1v) is 6.93. The van der Waals surface area contributed by atoms with Gasteiger partial charge in [0.15, 0.2) is 0 Å². The van der Waals surface area contributed by atoms with Gasteiger partial charge in [-0.25, -0.2) is 4.79 Å². The van der Waals surface area contributed by atoms with Crippen LogP contribution in [0.1, 0.15) is 47.5 Å². The van der Waals surface area contributed by atoms with Crippen molar-refractivity contribution in [2.24, 2.45) is 5.41 Å². The lowest BCUT2D eigenvalue weighted by atomic mass is 9.60. The Kier molecular flexibility index (Phi) is 3.34. The third-order valence-electron chi connectivity index (χ3n) is 3.63. The quantitative estimate of drug-likeness (QED) is 0.822. The number of rotatable bonds is 2. The molecule has 0 unspecified atom stereocenters. The highest BCUT2D eigenvalue weighted by Gasteiger charge is 2.54. The molecule has 4 heteroatoms. The minimum absolute atomic E-state index is 0.159. The van der Waals surface area contributed by atoms with Gasteiger partial charge in [0.05, 0.1) is 0 Å². The molecule has 1 saturated heterocycles. The average molecular weight is 254 g/mol. The molecule has 2 rings (SSSR count). The van der Waals surface area contributed by atoms with Gasteiger partial charge in [0.2, 0.25) is 0 Å². The molecule has 1 N–H and O–H groups in total. The van der Waals surface area contributed by atoms with Crippen LogP contribution in [0.4, 0.5) is 4.79 Å². The maximum Gasteiger partial charge on any atom is 0.410 e. The summed E-state index contributed by atoms with van der Waals surface area (Å²) in [5.41, 5.74) is 0.00461. The number of carbonyl (C=O) groups is 1. The summed E-state index contributed by atoms with van der Waals surface area (Å²) in [5, 5.41) is 3.55. The zero-order valence-corrected chi connectivity index (χ0v) is 12.2. The molecule has 2 fully saturated rings. The van der Waals surface area contributed by atoms with E-state index >= 15 is 0 Å². The highest BCUT2D eigenvalue weighted by atomic mass is 16.6. The predicted molar refractivity (Wildman–Crippen MR) is 71.5 cm³/mol. The standard InChI is InChI=1S/C14H26N2O2/c1-10(2)15-11-6-14(7-11)8-16(9-14)12(17)18-13(3,4)5/h10-11,15H,6-9H2,1-5H3. The van der Waals surface area contributed by atoms with Gasteiger partial charge in [-0.15, -0.1) is 0 Å². The van der Waals surface area contributed by atoms with Crippen LogP contribution in [-0.2, 0) is 4.74 Å². The van der Waals surface area contributed by atoms with E-state index in [1.54, 1.807) is 0 Å². The van der Waals surface area contributed by atoms with Crippen LogP contribution in [0.15, 0.2) is 0 Å². The Hall–Kier alpha value is -0.770. The van der Waals surface area contributed by atoms with Gasteiger partial charge in [0.25, 0.3) is 0 Å². The van der Waals surface area contributed by atoms with E-state index in [-0.39, 0.29) is 11.7 Å². The molecule has 0 aromatic heterocycles. The fourth-order valence-corrected chi connectivity index (χ4v) is 3.05. The zero-order chi connectivity index (χ0) is 13.6. The Labute approximate surface area is 110 Å². The normalized spacial score (nSPS) is 22.9. The lowest BCUT2D eigenvalue weighted by Crippen LogP contribution is -2.67. The smallest absolute Gasteiger partial charge is 0.410 e. The molecular weight excluding hydrogens is 228 g/mol. The minimum atomic E-state index is -0.388. The van der Waals surface area contributed by atoms with Crippen LogP contribution < -0.4 is 5.32 Å². The van der Waals surface area contributed by atoms with Crippen LogP contribution >= 0.6 is 0 Å². The third-order valence-corrected chi connectivity index (χ3v) is 3.63. The van der Waals surface area contributed by atoms with E-state index in [9.17, 15) is 4.79 Å². The second kappa shape index (κ2) is 4.41. The van der Waals surface area contributed by atoms with E-state index in [0.717, 1.165) is 13.1 Å². The molecule has 0 atom stereocenters. The highest BCUT2D eigenvalue weighted by Crippen LogP contribution is 2.48. The number of nitrogens with one attached hydrogen (secondary N) is 1. The molecule has 2 aliphatic rings. The minimum Gasteiger partial charge on any atom is -0.444 e. The average Bonchev–Trinajstić information content (AvgIpc) is 2.02. The molecule has 1 heterocycles. The summed E-state index contributed by atoms with van der Waals surface area (Å²) in [6.07, 6.45) is 2.24. The molecule has 1 aliphatic heterocycles. The Morgan fingerprint density at radius 3 is 2.33 bits per heavy atom. The Bertz CT molecular complexity index is 319. The van der Waals surface area contributed by atoms with Crippen LogP contribution in [-0.4, -0.2) is 41.8 Å². The molecule has 1 spiro atoms. The zero-order valence-electron chi connectivity index (χ0n) is 12.2. The second-order valence-corrected chi connectivity index (χ2v) is 7.26. The van der Waals surface area contributed by atoms with Crippen molar-refractivity contribution >= 4 is 6.09 Å². The fourth-order valence-electron chi connectivity index (χ4n) is 3.05. The fraction of sp³-hybridized carbons (Fsp3) is 0.929. The summed E-state index contributed by atoms with van der Waals surface area (Å²) < 4.78 is 5.37. The van der Waals surface area contributed by atoms with Gasteiger partial charge in [-0.05, 0) is 33.6 Å². The number of hydrogen-bond donors (Lipinski definition) is 1. The number of likely N-dealkylation sites (tertiary alicyclic amines) is 1. The number of nitrogens with zero attached hydrogens (tertiary/aromatic N) is 1. The van der Waals surface area contributed by atoms with E-state index in [0.29, 0.717) is 17.5 Å². The second-order valence-electron chi connectivity index (χ2n) is 7.26. The Morgan fingerprint density at radius 1 is 1.33 bits per heavy atom. The van der Waals surface area contributed by atoms with E-state index in [2.05, 4.69) is 19.2 Å². The summed E-state index contributed by atoms with van der Waals surface area (Å²) in [6.45, 7) is 11.8. The van der Waals surface area contributed by atoms with Crippen molar-refractivity contribution in [3.8, 4) is 0 Å². The summed E-state index contributed by atoms with van der Waals surface area (Å²) in [4.78, 5) is 13.6. The molecule has 1 amide bonds. The topological polar surface area (TPSA) is 41.6 Å². The molecule has 0 aromatic carbocycles. The number of ether oxygens (including phenoxy) is 1. The van der Waals surface area contributed by atoms with Crippen LogP contribution in [0.5, 0.6) is 0 Å². The molecule has 0 radical (unpaired) electrons. The van der Waals surface area contributed by atoms with Crippen LogP contribution in [0.25, 0.3) is 0 Å². The van der Waals surface area contributed by atoms with E-state index in [4.69, 9.17) is 4.74 Å². The third kappa shape index (κ3) is 2.97. The molecular formula is C14H26N2O2. The Balaban J connectivity index is 1.71. The van der Waals surface area contributed by atoms with Crippen molar-refractivity contribution in [3.05, 3.63) is 0 Å². The maximum absolute atomic E-state index is 11.8. The summed E-state index contributed by atoms with van der Waals surface area (Å²) in [7, 11) is 0. The van der Waals surface area contributed by atoms with Crippen molar-refractivity contribution in [3.63, 3.8) is 0 Å². The van der Waals surface area contributed by atoms with Gasteiger partial charge in [-0.1, -0.05) is 13.8 Å². The SMILES string of the molecule is CC(C)NC1CC2(C1)CN(C(=O)OC(C)(C)C)C2. The van der Waals surface area contributed by atoms with Gasteiger partial charge in [0, 0.05) is 30.6 Å². The molecule has 1 aliphatic carbocycles. The van der Waals surface area contributed by atoms with Crippen LogP contribution in [0.2, 0.25) is 0 Å². The first kappa shape index (κ1) is 13.7. The van der Waals surface area contributed by atoms with E-state index in [1.807, 2.05) is 25.7 Å². The lowest BCUT2D eigenvalue weighted by Gasteiger charge is -2.59. The first-order valence-electron chi connectivity index (χ1n) is 6.93. The Morgan fingerprint density at radius 2 is 1.89 bits per heavy atom. The van der Waals surface area contributed by atoms with Gasteiger partial charge < -0.3 is 15.0 Å². The summed E-state index contributed by atoms with van der Waals surface area (Å²) in [6, 6.07) is 1.19. The highest BCUT2D eigenvalue weighted by molar-refractivity contribution is 5.69. The van der Waals surface area contributed by atoms with Crippen molar-refractivity contribution in [2.75, 3.05) is 13.1 Å². The molecule has 0 bridgehead atoms.